The lowest BCUT2D eigenvalue weighted by Gasteiger charge is -2.33. The molecule has 0 atom stereocenters. The Kier molecular flexibility index (Phi) is 7.41. The van der Waals surface area contributed by atoms with Crippen molar-refractivity contribution in [3.05, 3.63) is 52.4 Å². The highest BCUT2D eigenvalue weighted by Crippen LogP contribution is 2.28. The molecule has 0 spiro atoms. The second kappa shape index (κ2) is 10.9. The molecule has 0 unspecified atom stereocenters. The van der Waals surface area contributed by atoms with Crippen molar-refractivity contribution in [2.45, 2.75) is 64.6 Å². The number of fused-ring (bicyclic) bond motifs is 1. The molecule has 2 amide bonds. The first-order valence-corrected chi connectivity index (χ1v) is 13.3. The zero-order valence-corrected chi connectivity index (χ0v) is 21.9. The van der Waals surface area contributed by atoms with Crippen molar-refractivity contribution in [1.82, 2.24) is 24.8 Å². The lowest BCUT2D eigenvalue weighted by atomic mass is 10.00. The minimum atomic E-state index is -0.0252. The molecular formula is C28H36N6O3. The van der Waals surface area contributed by atoms with Gasteiger partial charge in [-0.1, -0.05) is 24.3 Å². The number of piperidine rings is 1. The number of rotatable bonds is 5. The van der Waals surface area contributed by atoms with Crippen LogP contribution < -0.4 is 16.2 Å². The van der Waals surface area contributed by atoms with E-state index < -0.39 is 0 Å². The zero-order chi connectivity index (χ0) is 25.9. The van der Waals surface area contributed by atoms with E-state index in [0.29, 0.717) is 43.5 Å². The summed E-state index contributed by atoms with van der Waals surface area (Å²) in [5, 5.41) is 7.26. The number of aromatic nitrogens is 3. The van der Waals surface area contributed by atoms with E-state index in [-0.39, 0.29) is 29.7 Å². The summed E-state index contributed by atoms with van der Waals surface area (Å²) in [5.74, 6) is 0.515. The van der Waals surface area contributed by atoms with E-state index in [4.69, 9.17) is 9.72 Å². The van der Waals surface area contributed by atoms with Gasteiger partial charge in [0.05, 0.1) is 0 Å². The summed E-state index contributed by atoms with van der Waals surface area (Å²) in [4.78, 5) is 37.6. The molecule has 9 nitrogen and oxygen atoms in total. The predicted octanol–water partition coefficient (Wildman–Crippen LogP) is 4.11. The minimum Gasteiger partial charge on any atom is -0.381 e. The number of hydrogen-bond donors (Lipinski definition) is 2. The SMILES string of the molecule is Cc1ccccc1-c1cc2cnc(NC3CCN(C(=O)NC(C)C)CC3)nc2n(C2CCOCC2)c1=O. The fourth-order valence-electron chi connectivity index (χ4n) is 5.29. The van der Waals surface area contributed by atoms with Gasteiger partial charge in [0.1, 0.15) is 5.65 Å². The molecular weight excluding hydrogens is 468 g/mol. The molecule has 2 aliphatic rings. The lowest BCUT2D eigenvalue weighted by molar-refractivity contribution is 0.0697. The van der Waals surface area contributed by atoms with E-state index in [9.17, 15) is 9.59 Å². The van der Waals surface area contributed by atoms with Crippen LogP contribution in [-0.2, 0) is 4.74 Å². The monoisotopic (exact) mass is 504 g/mol. The van der Waals surface area contributed by atoms with Crippen molar-refractivity contribution < 1.29 is 9.53 Å². The van der Waals surface area contributed by atoms with Gasteiger partial charge in [-0.3, -0.25) is 9.36 Å². The fraction of sp³-hybridized carbons (Fsp3) is 0.500. The minimum absolute atomic E-state index is 0.0136. The molecule has 1 aromatic carbocycles. The van der Waals surface area contributed by atoms with Gasteiger partial charge in [-0.2, -0.15) is 4.98 Å². The smallest absolute Gasteiger partial charge is 0.317 e. The Hall–Kier alpha value is -3.46. The molecule has 0 aliphatic carbocycles. The molecule has 0 bridgehead atoms. The molecule has 37 heavy (non-hydrogen) atoms. The van der Waals surface area contributed by atoms with E-state index in [2.05, 4.69) is 15.6 Å². The molecule has 5 rings (SSSR count). The van der Waals surface area contributed by atoms with E-state index in [1.54, 1.807) is 0 Å². The van der Waals surface area contributed by atoms with Crippen molar-refractivity contribution in [3.8, 4) is 11.1 Å². The first-order valence-electron chi connectivity index (χ1n) is 13.3. The van der Waals surface area contributed by atoms with Crippen LogP contribution in [-0.4, -0.2) is 63.9 Å². The van der Waals surface area contributed by atoms with Crippen LogP contribution in [0.3, 0.4) is 0 Å². The molecule has 4 heterocycles. The second-order valence-electron chi connectivity index (χ2n) is 10.4. The van der Waals surface area contributed by atoms with Gasteiger partial charge in [-0.05, 0) is 63.6 Å². The van der Waals surface area contributed by atoms with Gasteiger partial charge >= 0.3 is 6.03 Å². The van der Waals surface area contributed by atoms with Crippen LogP contribution in [0, 0.1) is 6.92 Å². The Morgan fingerprint density at radius 1 is 1.08 bits per heavy atom. The first-order chi connectivity index (χ1) is 17.9. The van der Waals surface area contributed by atoms with Crippen molar-refractivity contribution in [3.63, 3.8) is 0 Å². The summed E-state index contributed by atoms with van der Waals surface area (Å²) in [6.07, 6.45) is 4.98. The van der Waals surface area contributed by atoms with Crippen LogP contribution in [0.1, 0.15) is 51.1 Å². The van der Waals surface area contributed by atoms with Gasteiger partial charge in [-0.25, -0.2) is 9.78 Å². The topological polar surface area (TPSA) is 101 Å². The quantitative estimate of drug-likeness (QED) is 0.542. The maximum atomic E-state index is 13.9. The number of aryl methyl sites for hydroxylation is 1. The maximum Gasteiger partial charge on any atom is 0.317 e. The Labute approximate surface area is 217 Å². The fourth-order valence-corrected chi connectivity index (χ4v) is 5.29. The van der Waals surface area contributed by atoms with Gasteiger partial charge in [-0.15, -0.1) is 0 Å². The van der Waals surface area contributed by atoms with E-state index in [1.165, 1.54) is 0 Å². The third-order valence-corrected chi connectivity index (χ3v) is 7.29. The second-order valence-corrected chi connectivity index (χ2v) is 10.4. The van der Waals surface area contributed by atoms with E-state index in [1.807, 2.05) is 66.8 Å². The number of anilines is 1. The maximum absolute atomic E-state index is 13.9. The summed E-state index contributed by atoms with van der Waals surface area (Å²) < 4.78 is 7.45. The van der Waals surface area contributed by atoms with Gasteiger partial charge in [0.2, 0.25) is 5.95 Å². The first kappa shape index (κ1) is 25.2. The van der Waals surface area contributed by atoms with E-state index in [0.717, 1.165) is 42.2 Å². The molecule has 2 aromatic heterocycles. The molecule has 0 saturated carbocycles. The molecule has 0 radical (unpaired) electrons. The largest absolute Gasteiger partial charge is 0.381 e. The van der Waals surface area contributed by atoms with Crippen molar-refractivity contribution in [2.24, 2.45) is 0 Å². The highest BCUT2D eigenvalue weighted by Gasteiger charge is 2.25. The number of urea groups is 1. The summed E-state index contributed by atoms with van der Waals surface area (Å²) in [5.41, 5.74) is 3.30. The molecule has 3 aromatic rings. The highest BCUT2D eigenvalue weighted by atomic mass is 16.5. The number of carbonyl (C=O) groups excluding carboxylic acids is 1. The number of nitrogens with zero attached hydrogens (tertiary/aromatic N) is 4. The van der Waals surface area contributed by atoms with Crippen LogP contribution in [0.25, 0.3) is 22.2 Å². The predicted molar refractivity (Wildman–Crippen MR) is 145 cm³/mol. The molecule has 2 aliphatic heterocycles. The number of pyridine rings is 1. The van der Waals surface area contributed by atoms with Gasteiger partial charge in [0.15, 0.2) is 0 Å². The number of hydrogen-bond acceptors (Lipinski definition) is 6. The van der Waals surface area contributed by atoms with Gasteiger partial charge in [0.25, 0.3) is 5.56 Å². The van der Waals surface area contributed by atoms with Crippen LogP contribution in [0.2, 0.25) is 0 Å². The average molecular weight is 505 g/mol. The Balaban J connectivity index is 1.44. The van der Waals surface area contributed by atoms with Crippen molar-refractivity contribution in [1.29, 1.82) is 0 Å². The Morgan fingerprint density at radius 3 is 2.51 bits per heavy atom. The van der Waals surface area contributed by atoms with Crippen LogP contribution in [0.5, 0.6) is 0 Å². The van der Waals surface area contributed by atoms with E-state index >= 15 is 0 Å². The number of benzene rings is 1. The molecule has 2 fully saturated rings. The van der Waals surface area contributed by atoms with Crippen molar-refractivity contribution in [2.75, 3.05) is 31.6 Å². The standard InChI is InChI=1S/C28H36N6O3/c1-18(2)30-28(36)33-12-8-21(9-13-33)31-27-29-17-20-16-24(23-7-5-4-6-19(23)3)26(35)34(25(20)32-27)22-10-14-37-15-11-22/h4-7,16-18,21-22H,8-15H2,1-3H3,(H,30,36)(H,29,31,32). The molecule has 196 valence electrons. The van der Waals surface area contributed by atoms with Crippen molar-refractivity contribution >= 4 is 23.0 Å². The number of likely N-dealkylation sites (tertiary alicyclic amines) is 1. The summed E-state index contributed by atoms with van der Waals surface area (Å²) in [7, 11) is 0. The number of carbonyl (C=O) groups is 1. The Bertz CT molecular complexity index is 1320. The average Bonchev–Trinajstić information content (AvgIpc) is 2.89. The van der Waals surface area contributed by atoms with Gasteiger partial charge < -0.3 is 20.3 Å². The molecule has 2 N–H and O–H groups in total. The Morgan fingerprint density at radius 2 is 1.81 bits per heavy atom. The summed E-state index contributed by atoms with van der Waals surface area (Å²) in [6, 6.07) is 10.2. The summed E-state index contributed by atoms with van der Waals surface area (Å²) in [6.45, 7) is 8.57. The third-order valence-electron chi connectivity index (χ3n) is 7.29. The number of amides is 2. The van der Waals surface area contributed by atoms with Crippen LogP contribution in [0.15, 0.2) is 41.3 Å². The normalized spacial score (nSPS) is 17.4. The third kappa shape index (κ3) is 5.46. The highest BCUT2D eigenvalue weighted by molar-refractivity contribution is 5.82. The van der Waals surface area contributed by atoms with Gasteiger partial charge in [0, 0.05) is 61.6 Å². The van der Waals surface area contributed by atoms with Crippen LogP contribution >= 0.6 is 0 Å². The zero-order valence-electron chi connectivity index (χ0n) is 21.9. The number of ether oxygens (including phenoxy) is 1. The molecule has 2 saturated heterocycles. The molecule has 9 heteroatoms. The van der Waals surface area contributed by atoms with Crippen LogP contribution in [0.4, 0.5) is 10.7 Å². The lowest BCUT2D eigenvalue weighted by Crippen LogP contribution is -2.48. The number of nitrogens with one attached hydrogen (secondary N) is 2. The summed E-state index contributed by atoms with van der Waals surface area (Å²) >= 11 is 0.